The molecule has 2 amide bonds. The lowest BCUT2D eigenvalue weighted by Crippen LogP contribution is -2.22. The minimum absolute atomic E-state index is 0.164. The van der Waals surface area contributed by atoms with Crippen molar-refractivity contribution < 1.29 is 9.59 Å². The molecule has 0 saturated carbocycles. The predicted molar refractivity (Wildman–Crippen MR) is 147 cm³/mol. The highest BCUT2D eigenvalue weighted by atomic mass is 35.5. The Bertz CT molecular complexity index is 1380. The first-order valence-corrected chi connectivity index (χ1v) is 13.2. The van der Waals surface area contributed by atoms with Gasteiger partial charge in [-0.2, -0.15) is 0 Å². The van der Waals surface area contributed by atoms with Crippen LogP contribution in [0.4, 0.5) is 10.8 Å². The second kappa shape index (κ2) is 11.5. The van der Waals surface area contributed by atoms with Gasteiger partial charge >= 0.3 is 0 Å². The summed E-state index contributed by atoms with van der Waals surface area (Å²) in [4.78, 5) is 30.4. The average Bonchev–Trinajstić information content (AvgIpc) is 3.30. The second-order valence-corrected chi connectivity index (χ2v) is 10.9. The van der Waals surface area contributed by atoms with Gasteiger partial charge in [-0.3, -0.25) is 9.59 Å². The largest absolute Gasteiger partial charge is 0.322 e. The van der Waals surface area contributed by atoms with E-state index in [-0.39, 0.29) is 17.1 Å². The van der Waals surface area contributed by atoms with Gasteiger partial charge < -0.3 is 10.6 Å². The van der Waals surface area contributed by atoms with E-state index in [0.717, 1.165) is 10.5 Å². The van der Waals surface area contributed by atoms with Crippen LogP contribution in [-0.2, 0) is 4.79 Å². The zero-order valence-corrected chi connectivity index (χ0v) is 22.1. The lowest BCUT2D eigenvalue weighted by atomic mass is 10.2. The smallest absolute Gasteiger partial charge is 0.255 e. The number of halogens is 3. The van der Waals surface area contributed by atoms with Crippen molar-refractivity contribution in [3.8, 4) is 11.3 Å². The Morgan fingerprint density at radius 2 is 1.71 bits per heavy atom. The van der Waals surface area contributed by atoms with Gasteiger partial charge in [-0.1, -0.05) is 46.9 Å². The van der Waals surface area contributed by atoms with E-state index in [1.165, 1.54) is 23.1 Å². The van der Waals surface area contributed by atoms with Crippen molar-refractivity contribution in [2.75, 3.05) is 10.6 Å². The number of hydrogen-bond donors (Lipinski definition) is 2. The number of carbonyl (C=O) groups excluding carboxylic acids is 2. The number of amides is 2. The molecule has 2 N–H and O–H groups in total. The molecule has 1 atom stereocenters. The van der Waals surface area contributed by atoms with Crippen LogP contribution in [-0.4, -0.2) is 22.0 Å². The van der Waals surface area contributed by atoms with Crippen LogP contribution in [0, 0.1) is 0 Å². The second-order valence-electron chi connectivity index (χ2n) is 7.40. The number of aromatic nitrogens is 1. The lowest BCUT2D eigenvalue weighted by Gasteiger charge is -2.11. The zero-order chi connectivity index (χ0) is 24.9. The number of carbonyl (C=O) groups is 2. The molecule has 4 aromatic rings. The van der Waals surface area contributed by atoms with Gasteiger partial charge in [0.05, 0.1) is 21.0 Å². The highest BCUT2D eigenvalue weighted by Crippen LogP contribution is 2.31. The summed E-state index contributed by atoms with van der Waals surface area (Å²) in [7, 11) is 0. The van der Waals surface area contributed by atoms with Gasteiger partial charge in [0.25, 0.3) is 5.91 Å². The van der Waals surface area contributed by atoms with Crippen LogP contribution >= 0.6 is 57.9 Å². The van der Waals surface area contributed by atoms with E-state index in [4.69, 9.17) is 34.8 Å². The van der Waals surface area contributed by atoms with Crippen LogP contribution < -0.4 is 10.6 Å². The minimum Gasteiger partial charge on any atom is -0.322 e. The molecule has 0 aliphatic carbocycles. The third kappa shape index (κ3) is 6.78. The molecule has 3 aromatic carbocycles. The molecule has 0 aliphatic heterocycles. The molecule has 0 radical (unpaired) electrons. The van der Waals surface area contributed by atoms with Crippen molar-refractivity contribution in [2.45, 2.75) is 17.1 Å². The van der Waals surface area contributed by atoms with Crippen LogP contribution in [0.1, 0.15) is 17.3 Å². The van der Waals surface area contributed by atoms with Crippen molar-refractivity contribution in [1.29, 1.82) is 0 Å². The summed E-state index contributed by atoms with van der Waals surface area (Å²) in [5.41, 5.74) is 2.65. The average molecular weight is 563 g/mol. The quantitative estimate of drug-likeness (QED) is 0.223. The monoisotopic (exact) mass is 561 g/mol. The van der Waals surface area contributed by atoms with Gasteiger partial charge in [0.1, 0.15) is 0 Å². The van der Waals surface area contributed by atoms with Crippen molar-refractivity contribution in [3.63, 3.8) is 0 Å². The van der Waals surface area contributed by atoms with Gasteiger partial charge in [-0.05, 0) is 61.5 Å². The Balaban J connectivity index is 1.32. The summed E-state index contributed by atoms with van der Waals surface area (Å²) in [6.45, 7) is 1.82. The SMILES string of the molecule is CC(Sc1ccc(NC(=O)c2cccc(Cl)c2)cc1)C(=O)Nc1nc(-c2ccc(Cl)c(Cl)c2)cs1. The number of nitrogens with zero attached hydrogens (tertiary/aromatic N) is 1. The molecule has 0 saturated heterocycles. The van der Waals surface area contributed by atoms with Gasteiger partial charge in [0, 0.05) is 32.1 Å². The Morgan fingerprint density at radius 3 is 2.43 bits per heavy atom. The summed E-state index contributed by atoms with van der Waals surface area (Å²) in [5, 5.41) is 9.11. The highest BCUT2D eigenvalue weighted by Gasteiger charge is 2.17. The molecule has 1 aromatic heterocycles. The lowest BCUT2D eigenvalue weighted by molar-refractivity contribution is -0.115. The maximum atomic E-state index is 12.7. The van der Waals surface area contributed by atoms with Gasteiger partial charge in [-0.25, -0.2) is 4.98 Å². The molecule has 0 aliphatic rings. The maximum absolute atomic E-state index is 12.7. The molecular formula is C25H18Cl3N3O2S2. The van der Waals surface area contributed by atoms with Crippen LogP contribution in [0.2, 0.25) is 15.1 Å². The number of anilines is 2. The molecule has 10 heteroatoms. The molecule has 0 spiro atoms. The van der Waals surface area contributed by atoms with E-state index in [9.17, 15) is 9.59 Å². The maximum Gasteiger partial charge on any atom is 0.255 e. The summed E-state index contributed by atoms with van der Waals surface area (Å²) in [6.07, 6.45) is 0. The molecule has 5 nitrogen and oxygen atoms in total. The first-order chi connectivity index (χ1) is 16.8. The third-order valence-electron chi connectivity index (χ3n) is 4.83. The van der Waals surface area contributed by atoms with Crippen LogP contribution in [0.5, 0.6) is 0 Å². The molecule has 0 fully saturated rings. The van der Waals surface area contributed by atoms with E-state index in [2.05, 4.69) is 15.6 Å². The first kappa shape index (κ1) is 25.5. The molecule has 1 heterocycles. The fourth-order valence-corrected chi connectivity index (χ4v) is 5.11. The van der Waals surface area contributed by atoms with Crippen molar-refractivity contribution in [3.05, 3.63) is 92.7 Å². The minimum atomic E-state index is -0.362. The predicted octanol–water partition coefficient (Wildman–Crippen LogP) is 8.14. The summed E-state index contributed by atoms with van der Waals surface area (Å²) < 4.78 is 0. The standard InChI is InChI=1S/C25H18Cl3N3O2S2/c1-14(23(32)31-25-30-22(13-34-25)15-5-10-20(27)21(28)12-15)35-19-8-6-18(7-9-19)29-24(33)16-3-2-4-17(26)11-16/h2-14H,1H3,(H,29,33)(H,30,31,32). The normalized spacial score (nSPS) is 11.7. The summed E-state index contributed by atoms with van der Waals surface area (Å²) in [6, 6.07) is 19.3. The first-order valence-electron chi connectivity index (χ1n) is 10.3. The Kier molecular flexibility index (Phi) is 8.36. The summed E-state index contributed by atoms with van der Waals surface area (Å²) in [5.74, 6) is -0.410. The zero-order valence-electron chi connectivity index (χ0n) is 18.2. The van der Waals surface area contributed by atoms with Crippen molar-refractivity contribution >= 4 is 80.5 Å². The molecule has 4 rings (SSSR count). The van der Waals surface area contributed by atoms with Crippen LogP contribution in [0.15, 0.2) is 77.0 Å². The Hall–Kier alpha value is -2.55. The van der Waals surface area contributed by atoms with Crippen molar-refractivity contribution in [1.82, 2.24) is 4.98 Å². The van der Waals surface area contributed by atoms with E-state index in [0.29, 0.717) is 37.1 Å². The molecular weight excluding hydrogens is 545 g/mol. The van der Waals surface area contributed by atoms with E-state index < -0.39 is 0 Å². The topological polar surface area (TPSA) is 71.1 Å². The molecule has 35 heavy (non-hydrogen) atoms. The van der Waals surface area contributed by atoms with E-state index >= 15 is 0 Å². The Morgan fingerprint density at radius 1 is 0.943 bits per heavy atom. The fraction of sp³-hybridized carbons (Fsp3) is 0.0800. The Labute approximate surface area is 225 Å². The molecule has 1 unspecified atom stereocenters. The van der Waals surface area contributed by atoms with Crippen molar-refractivity contribution in [2.24, 2.45) is 0 Å². The van der Waals surface area contributed by atoms with Gasteiger partial charge in [0.2, 0.25) is 5.91 Å². The highest BCUT2D eigenvalue weighted by molar-refractivity contribution is 8.00. The van der Waals surface area contributed by atoms with Crippen LogP contribution in [0.25, 0.3) is 11.3 Å². The molecule has 0 bridgehead atoms. The van der Waals surface area contributed by atoms with Crippen LogP contribution in [0.3, 0.4) is 0 Å². The van der Waals surface area contributed by atoms with Gasteiger partial charge in [-0.15, -0.1) is 23.1 Å². The summed E-state index contributed by atoms with van der Waals surface area (Å²) >= 11 is 20.8. The number of thiazole rings is 1. The third-order valence-corrected chi connectivity index (χ3v) is 7.67. The number of thioether (sulfide) groups is 1. The molecule has 178 valence electrons. The fourth-order valence-electron chi connectivity index (χ4n) is 3.03. The number of hydrogen-bond acceptors (Lipinski definition) is 5. The number of benzene rings is 3. The van der Waals surface area contributed by atoms with E-state index in [1.807, 2.05) is 30.5 Å². The number of rotatable bonds is 7. The van der Waals surface area contributed by atoms with Gasteiger partial charge in [0.15, 0.2) is 5.13 Å². The number of nitrogens with one attached hydrogen (secondary N) is 2. The van der Waals surface area contributed by atoms with E-state index in [1.54, 1.807) is 48.5 Å².